The van der Waals surface area contributed by atoms with Gasteiger partial charge in [0, 0.05) is 25.9 Å². The number of anilines is 4. The zero-order valence-electron chi connectivity index (χ0n) is 21.4. The van der Waals surface area contributed by atoms with Gasteiger partial charge in [0.1, 0.15) is 12.2 Å². The van der Waals surface area contributed by atoms with Gasteiger partial charge in [-0.05, 0) is 43.0 Å². The Bertz CT molecular complexity index is 1110. The van der Waals surface area contributed by atoms with Gasteiger partial charge in [-0.15, -0.1) is 0 Å². The molecule has 0 saturated heterocycles. The van der Waals surface area contributed by atoms with Crippen molar-refractivity contribution in [3.05, 3.63) is 40.5 Å². The number of aromatic nitrogens is 1. The van der Waals surface area contributed by atoms with Crippen LogP contribution < -0.4 is 15.1 Å². The number of pyridine rings is 1. The number of hydrogen-bond donors (Lipinski definition) is 2. The number of nitrogens with zero attached hydrogens (tertiary/aromatic N) is 3. The molecule has 0 bridgehead atoms. The van der Waals surface area contributed by atoms with Crippen LogP contribution in [-0.2, 0) is 14.3 Å². The van der Waals surface area contributed by atoms with E-state index in [1.54, 1.807) is 7.11 Å². The highest BCUT2D eigenvalue weighted by atomic mass is 35.5. The minimum absolute atomic E-state index is 0.0819. The SMILES string of the molecule is CCCN(CCOC)c1cc(C)nc2c1NC(=O)CN2c1ccc(C(C)C)cc1Cl.O=C(O)C(F)(F)F. The first-order chi connectivity index (χ1) is 17.3. The average molecular weight is 545 g/mol. The molecule has 2 heterocycles. The number of rotatable bonds is 8. The number of nitrogens with one attached hydrogen (secondary N) is 1. The molecule has 0 atom stereocenters. The summed E-state index contributed by atoms with van der Waals surface area (Å²) in [6, 6.07) is 8.05. The number of hydrogen-bond acceptors (Lipinski definition) is 6. The molecule has 0 radical (unpaired) electrons. The minimum Gasteiger partial charge on any atom is -0.475 e. The van der Waals surface area contributed by atoms with Crippen LogP contribution in [0.5, 0.6) is 0 Å². The average Bonchev–Trinajstić information content (AvgIpc) is 2.81. The molecule has 1 aromatic heterocycles. The van der Waals surface area contributed by atoms with Gasteiger partial charge in [0.25, 0.3) is 0 Å². The summed E-state index contributed by atoms with van der Waals surface area (Å²) in [7, 11) is 1.70. The van der Waals surface area contributed by atoms with Crippen LogP contribution in [0.1, 0.15) is 44.4 Å². The van der Waals surface area contributed by atoms with Gasteiger partial charge in [0.15, 0.2) is 5.82 Å². The molecule has 37 heavy (non-hydrogen) atoms. The lowest BCUT2D eigenvalue weighted by Gasteiger charge is -2.35. The number of carbonyl (C=O) groups excluding carboxylic acids is 1. The first-order valence-corrected chi connectivity index (χ1v) is 12.1. The number of alkyl halides is 3. The zero-order valence-corrected chi connectivity index (χ0v) is 22.2. The smallest absolute Gasteiger partial charge is 0.475 e. The van der Waals surface area contributed by atoms with Crippen molar-refractivity contribution in [1.82, 2.24) is 4.98 Å². The summed E-state index contributed by atoms with van der Waals surface area (Å²) in [5.41, 5.74) is 4.53. The molecule has 2 aromatic rings. The van der Waals surface area contributed by atoms with E-state index < -0.39 is 12.1 Å². The number of benzene rings is 1. The van der Waals surface area contributed by atoms with Gasteiger partial charge < -0.3 is 25.0 Å². The predicted octanol–water partition coefficient (Wildman–Crippen LogP) is 5.75. The molecule has 0 fully saturated rings. The van der Waals surface area contributed by atoms with Crippen molar-refractivity contribution >= 4 is 46.4 Å². The van der Waals surface area contributed by atoms with E-state index in [0.29, 0.717) is 17.5 Å². The third-order valence-electron chi connectivity index (χ3n) is 5.50. The largest absolute Gasteiger partial charge is 0.490 e. The summed E-state index contributed by atoms with van der Waals surface area (Å²) in [5, 5.41) is 10.8. The van der Waals surface area contributed by atoms with Crippen molar-refractivity contribution < 1.29 is 32.6 Å². The van der Waals surface area contributed by atoms with Crippen LogP contribution in [0.4, 0.5) is 36.1 Å². The third kappa shape index (κ3) is 7.96. The first kappa shape index (κ1) is 30.2. The molecule has 8 nitrogen and oxygen atoms in total. The van der Waals surface area contributed by atoms with Gasteiger partial charge >= 0.3 is 12.1 Å². The van der Waals surface area contributed by atoms with E-state index in [1.165, 1.54) is 0 Å². The quantitative estimate of drug-likeness (QED) is 0.436. The normalized spacial score (nSPS) is 13.0. The van der Waals surface area contributed by atoms with Crippen LogP contribution in [-0.4, -0.2) is 61.5 Å². The fraction of sp³-hybridized carbons (Fsp3) is 0.480. The van der Waals surface area contributed by atoms with Crippen LogP contribution in [0.15, 0.2) is 24.3 Å². The Morgan fingerprint density at radius 3 is 2.46 bits per heavy atom. The highest BCUT2D eigenvalue weighted by molar-refractivity contribution is 6.33. The van der Waals surface area contributed by atoms with Crippen molar-refractivity contribution in [2.24, 2.45) is 0 Å². The number of ether oxygens (including phenoxy) is 1. The number of carboxylic acid groups (broad SMARTS) is 1. The van der Waals surface area contributed by atoms with E-state index in [0.717, 1.165) is 53.6 Å². The monoisotopic (exact) mass is 544 g/mol. The number of aryl methyl sites for hydroxylation is 1. The Morgan fingerprint density at radius 1 is 1.30 bits per heavy atom. The highest BCUT2D eigenvalue weighted by Crippen LogP contribution is 2.43. The summed E-state index contributed by atoms with van der Waals surface area (Å²) in [4.78, 5) is 30.5. The number of amides is 1. The van der Waals surface area contributed by atoms with Crippen molar-refractivity contribution in [3.8, 4) is 0 Å². The number of carboxylic acids is 1. The topological polar surface area (TPSA) is 95.0 Å². The van der Waals surface area contributed by atoms with E-state index in [4.69, 9.17) is 31.2 Å². The lowest BCUT2D eigenvalue weighted by molar-refractivity contribution is -0.192. The van der Waals surface area contributed by atoms with Crippen LogP contribution in [0.2, 0.25) is 5.02 Å². The van der Waals surface area contributed by atoms with Gasteiger partial charge in [0.2, 0.25) is 5.91 Å². The van der Waals surface area contributed by atoms with E-state index in [9.17, 15) is 18.0 Å². The van der Waals surface area contributed by atoms with Crippen molar-refractivity contribution in [2.45, 2.75) is 46.2 Å². The second kappa shape index (κ2) is 13.0. The summed E-state index contributed by atoms with van der Waals surface area (Å²) >= 11 is 6.65. The Labute approximate surface area is 219 Å². The molecule has 1 aliphatic heterocycles. The molecule has 0 unspecified atom stereocenters. The molecule has 1 aromatic carbocycles. The summed E-state index contributed by atoms with van der Waals surface area (Å²) in [6.45, 7) is 10.8. The number of halogens is 4. The molecule has 3 rings (SSSR count). The molecule has 0 saturated carbocycles. The Hall–Kier alpha value is -3.05. The Kier molecular flexibility index (Phi) is 10.6. The second-order valence-corrected chi connectivity index (χ2v) is 9.17. The van der Waals surface area contributed by atoms with Crippen LogP contribution in [0.25, 0.3) is 0 Å². The lowest BCUT2D eigenvalue weighted by atomic mass is 10.0. The molecular weight excluding hydrogens is 513 g/mol. The third-order valence-corrected chi connectivity index (χ3v) is 5.80. The predicted molar refractivity (Wildman–Crippen MR) is 138 cm³/mol. The van der Waals surface area contributed by atoms with Crippen molar-refractivity contribution in [2.75, 3.05) is 48.5 Å². The van der Waals surface area contributed by atoms with Crippen molar-refractivity contribution in [1.29, 1.82) is 0 Å². The maximum Gasteiger partial charge on any atom is 0.490 e. The van der Waals surface area contributed by atoms with Gasteiger partial charge in [-0.3, -0.25) is 4.79 Å². The van der Waals surface area contributed by atoms with Crippen LogP contribution in [0, 0.1) is 6.92 Å². The Balaban J connectivity index is 0.000000604. The van der Waals surface area contributed by atoms with Gasteiger partial charge in [0.05, 0.1) is 23.0 Å². The van der Waals surface area contributed by atoms with Crippen molar-refractivity contribution in [3.63, 3.8) is 0 Å². The number of aliphatic carboxylic acids is 1. The van der Waals surface area contributed by atoms with E-state index in [-0.39, 0.29) is 12.5 Å². The fourth-order valence-corrected chi connectivity index (χ4v) is 4.02. The molecule has 0 aliphatic carbocycles. The number of fused-ring (bicyclic) bond motifs is 1. The fourth-order valence-electron chi connectivity index (χ4n) is 3.73. The summed E-state index contributed by atoms with van der Waals surface area (Å²) in [6.07, 6.45) is -4.10. The highest BCUT2D eigenvalue weighted by Gasteiger charge is 2.38. The molecule has 1 amide bonds. The van der Waals surface area contributed by atoms with Crippen LogP contribution in [0.3, 0.4) is 0 Å². The second-order valence-electron chi connectivity index (χ2n) is 8.76. The van der Waals surface area contributed by atoms with Gasteiger partial charge in [-0.1, -0.05) is 38.4 Å². The first-order valence-electron chi connectivity index (χ1n) is 11.7. The molecular formula is C25H32ClF3N4O4. The lowest BCUT2D eigenvalue weighted by Crippen LogP contribution is -2.38. The maximum absolute atomic E-state index is 12.7. The van der Waals surface area contributed by atoms with E-state index >= 15 is 0 Å². The van der Waals surface area contributed by atoms with E-state index in [1.807, 2.05) is 30.0 Å². The molecule has 0 spiro atoms. The van der Waals surface area contributed by atoms with Gasteiger partial charge in [-0.2, -0.15) is 13.2 Å². The standard InChI is InChI=1S/C23H31ClN4O2.C2HF3O2/c1-6-9-27(10-11-30-5)20-12-16(4)25-23-22(20)26-21(29)14-28(23)19-8-7-17(15(2)3)13-18(19)24;3-2(4,5)1(6)7/h7-8,12-13,15H,6,9-11,14H2,1-5H3,(H,26,29);(H,6,7). The maximum atomic E-state index is 12.7. The Morgan fingerprint density at radius 2 is 1.95 bits per heavy atom. The summed E-state index contributed by atoms with van der Waals surface area (Å²) < 4.78 is 37.0. The minimum atomic E-state index is -5.08. The molecule has 204 valence electrons. The van der Waals surface area contributed by atoms with E-state index in [2.05, 4.69) is 37.1 Å². The number of methoxy groups -OCH3 is 1. The summed E-state index contributed by atoms with van der Waals surface area (Å²) in [5.74, 6) is -1.74. The van der Waals surface area contributed by atoms with Crippen LogP contribution >= 0.6 is 11.6 Å². The van der Waals surface area contributed by atoms with Gasteiger partial charge in [-0.25, -0.2) is 9.78 Å². The molecule has 2 N–H and O–H groups in total. The zero-order chi connectivity index (χ0) is 27.9. The number of carbonyl (C=O) groups is 2. The molecule has 12 heteroatoms. The molecule has 1 aliphatic rings.